The van der Waals surface area contributed by atoms with Crippen LogP contribution in [0, 0.1) is 0 Å². The third-order valence-corrected chi connectivity index (χ3v) is 2.00. The first-order chi connectivity index (χ1) is 7.45. The zero-order valence-electron chi connectivity index (χ0n) is 7.65. The van der Waals surface area contributed by atoms with E-state index in [0.717, 1.165) is 5.52 Å². The summed E-state index contributed by atoms with van der Waals surface area (Å²) in [6.07, 6.45) is 4.81. The van der Waals surface area contributed by atoms with Crippen molar-refractivity contribution in [2.45, 2.75) is 0 Å². The Morgan fingerprint density at radius 3 is 3.00 bits per heavy atom. The first-order valence-electron chi connectivity index (χ1n) is 4.38. The van der Waals surface area contributed by atoms with Crippen LogP contribution in [0.25, 0.3) is 17.0 Å². The lowest BCUT2D eigenvalue weighted by molar-refractivity contribution is 0.800. The maximum absolute atomic E-state index is 4.18. The fourth-order valence-electron chi connectivity index (χ4n) is 1.33. The molecule has 3 aromatic heterocycles. The van der Waals surface area contributed by atoms with Crippen LogP contribution in [0.2, 0.25) is 0 Å². The molecule has 0 fully saturated rings. The smallest absolute Gasteiger partial charge is 0.205 e. The summed E-state index contributed by atoms with van der Waals surface area (Å²) in [6, 6.07) is 5.58. The van der Waals surface area contributed by atoms with Crippen LogP contribution in [-0.2, 0) is 0 Å². The van der Waals surface area contributed by atoms with E-state index in [1.165, 1.54) is 6.33 Å². The molecule has 0 amide bonds. The van der Waals surface area contributed by atoms with Gasteiger partial charge in [0.05, 0.1) is 6.20 Å². The van der Waals surface area contributed by atoms with E-state index in [9.17, 15) is 0 Å². The van der Waals surface area contributed by atoms with E-state index in [2.05, 4.69) is 25.3 Å². The molecule has 0 aliphatic rings. The largest absolute Gasteiger partial charge is 0.242 e. The zero-order chi connectivity index (χ0) is 10.1. The lowest BCUT2D eigenvalue weighted by Gasteiger charge is -1.98. The highest BCUT2D eigenvalue weighted by molar-refractivity contribution is 5.69. The predicted octanol–water partition coefficient (Wildman–Crippen LogP) is 0.605. The van der Waals surface area contributed by atoms with Crippen LogP contribution < -0.4 is 0 Å². The molecule has 0 saturated heterocycles. The van der Waals surface area contributed by atoms with Gasteiger partial charge in [0.1, 0.15) is 11.8 Å². The molecule has 0 N–H and O–H groups in total. The number of nitrogens with zero attached hydrogens (tertiary/aromatic N) is 6. The highest BCUT2D eigenvalue weighted by Crippen LogP contribution is 2.10. The molecular formula is C9H6N6. The predicted molar refractivity (Wildman–Crippen MR) is 52.3 cm³/mol. The van der Waals surface area contributed by atoms with E-state index >= 15 is 0 Å². The van der Waals surface area contributed by atoms with Crippen LogP contribution in [0.4, 0.5) is 0 Å². The van der Waals surface area contributed by atoms with Crippen molar-refractivity contribution in [3.8, 4) is 5.82 Å². The lowest BCUT2D eigenvalue weighted by atomic mass is 10.4. The first kappa shape index (κ1) is 7.98. The van der Waals surface area contributed by atoms with E-state index in [1.54, 1.807) is 17.1 Å². The normalized spacial score (nSPS) is 10.7. The van der Waals surface area contributed by atoms with Crippen molar-refractivity contribution < 1.29 is 0 Å². The molecule has 0 unspecified atom stereocenters. The summed E-state index contributed by atoms with van der Waals surface area (Å²) >= 11 is 0. The van der Waals surface area contributed by atoms with Crippen LogP contribution in [0.5, 0.6) is 0 Å². The third-order valence-electron chi connectivity index (χ3n) is 2.00. The number of fused-ring (bicyclic) bond motifs is 1. The van der Waals surface area contributed by atoms with Gasteiger partial charge >= 0.3 is 0 Å². The third kappa shape index (κ3) is 1.23. The first-order valence-corrected chi connectivity index (χ1v) is 4.38. The summed E-state index contributed by atoms with van der Waals surface area (Å²) in [7, 11) is 0. The van der Waals surface area contributed by atoms with Gasteiger partial charge in [0, 0.05) is 6.20 Å². The summed E-state index contributed by atoms with van der Waals surface area (Å²) in [6.45, 7) is 0. The lowest BCUT2D eigenvalue weighted by Crippen LogP contribution is -1.98. The van der Waals surface area contributed by atoms with E-state index in [0.29, 0.717) is 11.5 Å². The van der Waals surface area contributed by atoms with Gasteiger partial charge in [-0.2, -0.15) is 4.68 Å². The van der Waals surface area contributed by atoms with Crippen molar-refractivity contribution in [2.75, 3.05) is 0 Å². The standard InChI is InChI=1S/C9H6N6/c1-2-4-11-8(3-1)15-7-5-10-6-12-9(7)13-14-15/h1-6H. The Bertz CT molecular complexity index is 588. The molecule has 15 heavy (non-hydrogen) atoms. The summed E-state index contributed by atoms with van der Waals surface area (Å²) < 4.78 is 1.61. The van der Waals surface area contributed by atoms with Gasteiger partial charge in [-0.05, 0) is 12.1 Å². The van der Waals surface area contributed by atoms with Gasteiger partial charge in [-0.25, -0.2) is 15.0 Å². The Kier molecular flexibility index (Phi) is 1.64. The number of rotatable bonds is 1. The van der Waals surface area contributed by atoms with Gasteiger partial charge in [0.15, 0.2) is 5.82 Å². The van der Waals surface area contributed by atoms with Crippen LogP contribution in [-0.4, -0.2) is 29.9 Å². The van der Waals surface area contributed by atoms with Crippen molar-refractivity contribution in [2.24, 2.45) is 0 Å². The molecule has 6 heteroatoms. The molecule has 72 valence electrons. The SMILES string of the molecule is c1ccc(-n2nnc3ncncc32)nc1. The Morgan fingerprint density at radius 2 is 2.13 bits per heavy atom. The van der Waals surface area contributed by atoms with Crippen LogP contribution in [0.3, 0.4) is 0 Å². The number of pyridine rings is 1. The van der Waals surface area contributed by atoms with Crippen LogP contribution in [0.1, 0.15) is 0 Å². The fraction of sp³-hybridized carbons (Fsp3) is 0. The highest BCUT2D eigenvalue weighted by atomic mass is 15.5. The second-order valence-electron chi connectivity index (χ2n) is 2.92. The van der Waals surface area contributed by atoms with Crippen molar-refractivity contribution in [3.05, 3.63) is 36.9 Å². The summed E-state index contributed by atoms with van der Waals surface area (Å²) in [5.74, 6) is 0.704. The fourth-order valence-corrected chi connectivity index (χ4v) is 1.33. The molecule has 0 radical (unpaired) electrons. The van der Waals surface area contributed by atoms with E-state index in [1.807, 2.05) is 18.2 Å². The molecule has 0 aliphatic heterocycles. The Labute approximate surface area is 84.6 Å². The van der Waals surface area contributed by atoms with Crippen molar-refractivity contribution in [1.82, 2.24) is 29.9 Å². The molecule has 3 rings (SSSR count). The maximum Gasteiger partial charge on any atom is 0.205 e. The molecule has 0 bridgehead atoms. The Morgan fingerprint density at radius 1 is 1.13 bits per heavy atom. The number of hydrogen-bond donors (Lipinski definition) is 0. The molecule has 0 aliphatic carbocycles. The van der Waals surface area contributed by atoms with Crippen LogP contribution >= 0.6 is 0 Å². The van der Waals surface area contributed by atoms with Gasteiger partial charge < -0.3 is 0 Å². The maximum atomic E-state index is 4.18. The van der Waals surface area contributed by atoms with E-state index < -0.39 is 0 Å². The minimum atomic E-state index is 0.565. The molecular weight excluding hydrogens is 192 g/mol. The number of aromatic nitrogens is 6. The second kappa shape index (κ2) is 3.09. The Hall–Kier alpha value is -2.37. The molecule has 0 aromatic carbocycles. The van der Waals surface area contributed by atoms with Crippen molar-refractivity contribution in [3.63, 3.8) is 0 Å². The molecule has 3 heterocycles. The van der Waals surface area contributed by atoms with E-state index in [-0.39, 0.29) is 0 Å². The Balaban J connectivity index is 2.28. The molecule has 6 nitrogen and oxygen atoms in total. The van der Waals surface area contributed by atoms with Gasteiger partial charge in [0.25, 0.3) is 0 Å². The second-order valence-corrected chi connectivity index (χ2v) is 2.92. The average molecular weight is 198 g/mol. The molecule has 3 aromatic rings. The monoisotopic (exact) mass is 198 g/mol. The molecule has 0 atom stereocenters. The number of hydrogen-bond acceptors (Lipinski definition) is 5. The molecule has 0 saturated carbocycles. The topological polar surface area (TPSA) is 69.4 Å². The average Bonchev–Trinajstić information content (AvgIpc) is 2.74. The quantitative estimate of drug-likeness (QED) is 0.572. The summed E-state index contributed by atoms with van der Waals surface area (Å²) in [4.78, 5) is 12.1. The van der Waals surface area contributed by atoms with E-state index in [4.69, 9.17) is 0 Å². The van der Waals surface area contributed by atoms with Gasteiger partial charge in [-0.1, -0.05) is 11.3 Å². The highest BCUT2D eigenvalue weighted by Gasteiger charge is 2.06. The van der Waals surface area contributed by atoms with Gasteiger partial charge in [-0.15, -0.1) is 5.10 Å². The zero-order valence-corrected chi connectivity index (χ0v) is 7.65. The molecule has 0 spiro atoms. The minimum Gasteiger partial charge on any atom is -0.242 e. The van der Waals surface area contributed by atoms with Gasteiger partial charge in [0.2, 0.25) is 5.65 Å². The summed E-state index contributed by atoms with van der Waals surface area (Å²) in [5, 5.41) is 7.88. The van der Waals surface area contributed by atoms with Crippen molar-refractivity contribution >= 4 is 11.2 Å². The van der Waals surface area contributed by atoms with Crippen LogP contribution in [0.15, 0.2) is 36.9 Å². The van der Waals surface area contributed by atoms with Gasteiger partial charge in [-0.3, -0.25) is 0 Å². The minimum absolute atomic E-state index is 0.565. The summed E-state index contributed by atoms with van der Waals surface area (Å²) in [5.41, 5.74) is 1.31. The van der Waals surface area contributed by atoms with Crippen molar-refractivity contribution in [1.29, 1.82) is 0 Å².